The number of hydrogen-bond acceptors (Lipinski definition) is 6. The van der Waals surface area contributed by atoms with Crippen molar-refractivity contribution in [2.75, 3.05) is 0 Å². The number of fused-ring (bicyclic) bond motifs is 1. The minimum atomic E-state index is -1.17. The van der Waals surface area contributed by atoms with Crippen LogP contribution in [-0.4, -0.2) is 31.5 Å². The summed E-state index contributed by atoms with van der Waals surface area (Å²) in [4.78, 5) is 44.4. The Balaban J connectivity index is 2.40. The standard InChI is InChI=1S/C15H12N4O4S/c1-7-10-14(24-11(7)12(16)22)18-13(8-2-4-17-5-3-8)19(15(10)23)6-9(20)21/h2-5H,6H2,1H3,(H2,16,22)(H,20,21). The van der Waals surface area contributed by atoms with Gasteiger partial charge in [0.25, 0.3) is 11.5 Å². The molecule has 0 bridgehead atoms. The zero-order chi connectivity index (χ0) is 17.4. The predicted molar refractivity (Wildman–Crippen MR) is 88.0 cm³/mol. The van der Waals surface area contributed by atoms with E-state index in [2.05, 4.69) is 9.97 Å². The van der Waals surface area contributed by atoms with Crippen molar-refractivity contribution < 1.29 is 14.7 Å². The molecule has 8 nitrogen and oxygen atoms in total. The van der Waals surface area contributed by atoms with Crippen LogP contribution in [0.5, 0.6) is 0 Å². The summed E-state index contributed by atoms with van der Waals surface area (Å²) in [6, 6.07) is 3.25. The lowest BCUT2D eigenvalue weighted by atomic mass is 10.2. The number of thiophene rings is 1. The molecule has 122 valence electrons. The molecule has 3 heterocycles. The van der Waals surface area contributed by atoms with Crippen LogP contribution >= 0.6 is 11.3 Å². The number of nitrogens with two attached hydrogens (primary N) is 1. The monoisotopic (exact) mass is 344 g/mol. The van der Waals surface area contributed by atoms with Gasteiger partial charge in [-0.25, -0.2) is 4.98 Å². The number of nitrogens with zero attached hydrogens (tertiary/aromatic N) is 3. The molecular formula is C15H12N4O4S. The molecule has 24 heavy (non-hydrogen) atoms. The van der Waals surface area contributed by atoms with Gasteiger partial charge >= 0.3 is 5.97 Å². The Morgan fingerprint density at radius 2 is 2.00 bits per heavy atom. The lowest BCUT2D eigenvalue weighted by Gasteiger charge is -2.10. The summed E-state index contributed by atoms with van der Waals surface area (Å²) < 4.78 is 1.07. The van der Waals surface area contributed by atoms with Crippen LogP contribution in [-0.2, 0) is 11.3 Å². The van der Waals surface area contributed by atoms with Crippen LogP contribution < -0.4 is 11.3 Å². The molecule has 0 aliphatic rings. The van der Waals surface area contributed by atoms with Gasteiger partial charge in [-0.05, 0) is 24.6 Å². The first-order valence-corrected chi connectivity index (χ1v) is 7.67. The van der Waals surface area contributed by atoms with Gasteiger partial charge in [0.1, 0.15) is 17.2 Å². The van der Waals surface area contributed by atoms with E-state index in [0.29, 0.717) is 16.0 Å². The van der Waals surface area contributed by atoms with E-state index in [0.717, 1.165) is 15.9 Å². The number of rotatable bonds is 4. The average Bonchev–Trinajstić information content (AvgIpc) is 2.87. The van der Waals surface area contributed by atoms with E-state index in [1.807, 2.05) is 0 Å². The summed E-state index contributed by atoms with van der Waals surface area (Å²) >= 11 is 1.02. The lowest BCUT2D eigenvalue weighted by molar-refractivity contribution is -0.137. The van der Waals surface area contributed by atoms with Crippen LogP contribution in [0.2, 0.25) is 0 Å². The number of carboxylic acids is 1. The number of aliphatic carboxylic acids is 1. The van der Waals surface area contributed by atoms with Crippen LogP contribution in [0.25, 0.3) is 21.6 Å². The van der Waals surface area contributed by atoms with Gasteiger partial charge in [-0.2, -0.15) is 0 Å². The fourth-order valence-corrected chi connectivity index (χ4v) is 3.48. The molecule has 0 fully saturated rings. The maximum absolute atomic E-state index is 12.8. The van der Waals surface area contributed by atoms with Gasteiger partial charge in [-0.1, -0.05) is 0 Å². The minimum absolute atomic E-state index is 0.203. The minimum Gasteiger partial charge on any atom is -0.480 e. The summed E-state index contributed by atoms with van der Waals surface area (Å²) in [5.74, 6) is -1.61. The summed E-state index contributed by atoms with van der Waals surface area (Å²) in [5, 5.41) is 9.34. The van der Waals surface area contributed by atoms with Crippen molar-refractivity contribution in [2.24, 2.45) is 5.73 Å². The van der Waals surface area contributed by atoms with Crippen molar-refractivity contribution in [1.82, 2.24) is 14.5 Å². The smallest absolute Gasteiger partial charge is 0.323 e. The Morgan fingerprint density at radius 3 is 2.58 bits per heavy atom. The number of aryl methyl sites for hydroxylation is 1. The summed E-state index contributed by atoms with van der Waals surface area (Å²) in [7, 11) is 0. The maximum Gasteiger partial charge on any atom is 0.323 e. The number of aromatic nitrogens is 3. The second-order valence-electron chi connectivity index (χ2n) is 5.06. The molecule has 3 rings (SSSR count). The van der Waals surface area contributed by atoms with Crippen molar-refractivity contribution >= 4 is 33.4 Å². The number of carbonyl (C=O) groups excluding carboxylic acids is 1. The Hall–Kier alpha value is -3.07. The third-order valence-corrected chi connectivity index (χ3v) is 4.71. The van der Waals surface area contributed by atoms with Crippen molar-refractivity contribution in [3.8, 4) is 11.4 Å². The number of carbonyl (C=O) groups is 2. The highest BCUT2D eigenvalue weighted by Crippen LogP contribution is 2.28. The normalized spacial score (nSPS) is 10.9. The topological polar surface area (TPSA) is 128 Å². The predicted octanol–water partition coefficient (Wildman–Crippen LogP) is 1.01. The van der Waals surface area contributed by atoms with Gasteiger partial charge in [0.2, 0.25) is 0 Å². The van der Waals surface area contributed by atoms with E-state index in [-0.39, 0.29) is 16.1 Å². The first-order chi connectivity index (χ1) is 11.4. The molecule has 0 aliphatic carbocycles. The van der Waals surface area contributed by atoms with Gasteiger partial charge in [-0.3, -0.25) is 23.9 Å². The van der Waals surface area contributed by atoms with Crippen LogP contribution in [0.1, 0.15) is 15.2 Å². The average molecular weight is 344 g/mol. The quantitative estimate of drug-likeness (QED) is 0.727. The Labute approximate surface area is 139 Å². The van der Waals surface area contributed by atoms with Crippen LogP contribution in [0.15, 0.2) is 29.3 Å². The lowest BCUT2D eigenvalue weighted by Crippen LogP contribution is -2.27. The molecule has 0 unspecified atom stereocenters. The summed E-state index contributed by atoms with van der Waals surface area (Å²) in [6.07, 6.45) is 3.04. The highest BCUT2D eigenvalue weighted by Gasteiger charge is 2.21. The first kappa shape index (κ1) is 15.8. The summed E-state index contributed by atoms with van der Waals surface area (Å²) in [6.45, 7) is 1.06. The number of primary amides is 1. The second-order valence-corrected chi connectivity index (χ2v) is 6.06. The number of carboxylic acid groups (broad SMARTS) is 1. The highest BCUT2D eigenvalue weighted by molar-refractivity contribution is 7.20. The van der Waals surface area contributed by atoms with E-state index in [1.165, 1.54) is 12.4 Å². The van der Waals surface area contributed by atoms with Gasteiger partial charge in [0.15, 0.2) is 0 Å². The Morgan fingerprint density at radius 1 is 1.33 bits per heavy atom. The molecule has 3 aromatic heterocycles. The highest BCUT2D eigenvalue weighted by atomic mass is 32.1. The molecule has 0 aliphatic heterocycles. The molecule has 1 amide bonds. The third kappa shape index (κ3) is 2.54. The molecule has 3 aromatic rings. The van der Waals surface area contributed by atoms with Gasteiger partial charge in [-0.15, -0.1) is 11.3 Å². The second kappa shape index (κ2) is 5.85. The van der Waals surface area contributed by atoms with E-state index < -0.39 is 24.0 Å². The van der Waals surface area contributed by atoms with Crippen molar-refractivity contribution in [1.29, 1.82) is 0 Å². The molecule has 0 spiro atoms. The molecule has 3 N–H and O–H groups in total. The van der Waals surface area contributed by atoms with Gasteiger partial charge in [0.05, 0.1) is 10.3 Å². The number of hydrogen-bond donors (Lipinski definition) is 2. The maximum atomic E-state index is 12.8. The van der Waals surface area contributed by atoms with E-state index in [1.54, 1.807) is 19.1 Å². The van der Waals surface area contributed by atoms with Gasteiger partial charge < -0.3 is 10.8 Å². The van der Waals surface area contributed by atoms with E-state index in [9.17, 15) is 14.4 Å². The van der Waals surface area contributed by atoms with Crippen molar-refractivity contribution in [2.45, 2.75) is 13.5 Å². The molecule has 0 saturated carbocycles. The zero-order valence-corrected chi connectivity index (χ0v) is 13.3. The SMILES string of the molecule is Cc1c(C(N)=O)sc2nc(-c3ccncc3)n(CC(=O)O)c(=O)c12. The molecule has 0 radical (unpaired) electrons. The van der Waals surface area contributed by atoms with Crippen LogP contribution in [0, 0.1) is 6.92 Å². The van der Waals surface area contributed by atoms with Crippen molar-refractivity contribution in [3.05, 3.63) is 45.3 Å². The summed E-state index contributed by atoms with van der Waals surface area (Å²) in [5.41, 5.74) is 5.78. The Bertz CT molecular complexity index is 1020. The molecule has 9 heteroatoms. The zero-order valence-electron chi connectivity index (χ0n) is 12.5. The number of amides is 1. The van der Waals surface area contributed by atoms with Crippen LogP contribution in [0.3, 0.4) is 0 Å². The van der Waals surface area contributed by atoms with Crippen molar-refractivity contribution in [3.63, 3.8) is 0 Å². The molecule has 0 aromatic carbocycles. The fourth-order valence-electron chi connectivity index (χ4n) is 2.45. The molecule has 0 saturated heterocycles. The third-order valence-electron chi connectivity index (χ3n) is 3.51. The molecular weight excluding hydrogens is 332 g/mol. The van der Waals surface area contributed by atoms with E-state index in [4.69, 9.17) is 10.8 Å². The molecule has 0 atom stereocenters. The van der Waals surface area contributed by atoms with Crippen LogP contribution in [0.4, 0.5) is 0 Å². The van der Waals surface area contributed by atoms with Gasteiger partial charge in [0, 0.05) is 18.0 Å². The fraction of sp³-hybridized carbons (Fsp3) is 0.133. The van der Waals surface area contributed by atoms with E-state index >= 15 is 0 Å². The number of pyridine rings is 1. The largest absolute Gasteiger partial charge is 0.480 e. The Kier molecular flexibility index (Phi) is 3.86. The first-order valence-electron chi connectivity index (χ1n) is 6.86.